The van der Waals surface area contributed by atoms with Gasteiger partial charge in [-0.1, -0.05) is 166 Å². The van der Waals surface area contributed by atoms with Crippen molar-refractivity contribution >= 4 is 42.1 Å². The second-order valence-electron chi connectivity index (χ2n) is 12.9. The van der Waals surface area contributed by atoms with Crippen LogP contribution in [0.2, 0.25) is 6.55 Å². The summed E-state index contributed by atoms with van der Waals surface area (Å²) in [4.78, 5) is 0. The Balaban J connectivity index is 2.02. The maximum Gasteiger partial charge on any atom is 0.172 e. The summed E-state index contributed by atoms with van der Waals surface area (Å²) in [5.41, 5.74) is 10.4. The molecule has 1 N–H and O–H groups in total. The van der Waals surface area contributed by atoms with Gasteiger partial charge in [0.25, 0.3) is 0 Å². The molecule has 1 unspecified atom stereocenters. The lowest BCUT2D eigenvalue weighted by atomic mass is 10.1. The summed E-state index contributed by atoms with van der Waals surface area (Å²) < 4.78 is 0. The summed E-state index contributed by atoms with van der Waals surface area (Å²) in [7, 11) is -5.58. The van der Waals surface area contributed by atoms with Crippen molar-refractivity contribution in [2.24, 2.45) is 0 Å². The average molecular weight is 611 g/mol. The topological polar surface area (TPSA) is 20.2 Å². The molecule has 5 aromatic rings. The van der Waals surface area contributed by atoms with Gasteiger partial charge in [0.05, 0.1) is 6.10 Å². The molecule has 0 fully saturated rings. The smallest absolute Gasteiger partial charge is 0.172 e. The first-order valence-electron chi connectivity index (χ1n) is 15.7. The van der Waals surface area contributed by atoms with Crippen LogP contribution in [0.3, 0.4) is 0 Å². The molecule has 0 saturated heterocycles. The Kier molecular flexibility index (Phi) is 9.13. The third-order valence-electron chi connectivity index (χ3n) is 9.44. The number of hydrogen-bond donors (Lipinski definition) is 1. The predicted molar refractivity (Wildman–Crippen MR) is 196 cm³/mol. The highest BCUT2D eigenvalue weighted by Crippen LogP contribution is 2.28. The minimum absolute atomic E-state index is 0.630. The summed E-state index contributed by atoms with van der Waals surface area (Å²) >= 11 is 0. The number of benzene rings is 5. The van der Waals surface area contributed by atoms with Gasteiger partial charge in [-0.3, -0.25) is 0 Å². The molecular formula is C41H46OSi2. The largest absolute Gasteiger partial charge is 0.389 e. The quantitative estimate of drug-likeness (QED) is 0.162. The van der Waals surface area contributed by atoms with Gasteiger partial charge in [-0.15, -0.1) is 0 Å². The van der Waals surface area contributed by atoms with E-state index in [4.69, 9.17) is 0 Å². The van der Waals surface area contributed by atoms with Crippen molar-refractivity contribution in [1.29, 1.82) is 0 Å². The van der Waals surface area contributed by atoms with Gasteiger partial charge in [0, 0.05) is 0 Å². The Morgan fingerprint density at radius 2 is 0.841 bits per heavy atom. The molecule has 5 aromatic carbocycles. The lowest BCUT2D eigenvalue weighted by Gasteiger charge is -2.41. The Morgan fingerprint density at radius 3 is 1.11 bits per heavy atom. The number of rotatable bonds is 8. The van der Waals surface area contributed by atoms with E-state index < -0.39 is 22.3 Å². The number of aryl methyl sites for hydroxylation is 6. The van der Waals surface area contributed by atoms with Crippen LogP contribution in [-0.2, 0) is 0 Å². The summed E-state index contributed by atoms with van der Waals surface area (Å²) in [5.74, 6) is 0. The molecule has 0 aromatic heterocycles. The maximum atomic E-state index is 12.1. The van der Waals surface area contributed by atoms with Gasteiger partial charge in [0.1, 0.15) is 8.07 Å². The summed E-state index contributed by atoms with van der Waals surface area (Å²) in [6.45, 7) is 18.0. The highest BCUT2D eigenvalue weighted by molar-refractivity contribution is 7.17. The molecule has 0 spiro atoms. The van der Waals surface area contributed by atoms with Crippen LogP contribution in [-0.4, -0.2) is 27.4 Å². The fourth-order valence-electron chi connectivity index (χ4n) is 8.12. The van der Waals surface area contributed by atoms with Gasteiger partial charge in [0.15, 0.2) is 8.07 Å². The van der Waals surface area contributed by atoms with Crippen molar-refractivity contribution in [2.75, 3.05) is 0 Å². The molecule has 3 heteroatoms. The molecule has 1 atom stereocenters. The standard InChI is InChI=1S/C41H46OSi2/c1-29-24-31(3)40(32(4)25-29)43(8,41-33(5)26-30(2)27-34(41)6)39(35(7)42)28-44(36-18-12-9-13-19-36,37-20-14-10-15-21-37)38-22-16-11-17-23-38/h9-28,35,42H,1-8H3/b39-28-. The third kappa shape index (κ3) is 5.61. The molecule has 0 aliphatic carbocycles. The average Bonchev–Trinajstić information content (AvgIpc) is 2.98. The number of aliphatic hydroxyl groups excluding tert-OH is 1. The van der Waals surface area contributed by atoms with Crippen LogP contribution in [0.25, 0.3) is 0 Å². The Morgan fingerprint density at radius 1 is 0.545 bits per heavy atom. The van der Waals surface area contributed by atoms with Crippen molar-refractivity contribution < 1.29 is 5.11 Å². The molecule has 5 rings (SSSR count). The second kappa shape index (κ2) is 12.7. The monoisotopic (exact) mass is 610 g/mol. The molecule has 1 nitrogen and oxygen atoms in total. The summed E-state index contributed by atoms with van der Waals surface area (Å²) in [6.07, 6.45) is -0.630. The first kappa shape index (κ1) is 31.7. The molecule has 0 heterocycles. The van der Waals surface area contributed by atoms with E-state index in [1.807, 2.05) is 6.92 Å². The molecule has 44 heavy (non-hydrogen) atoms. The van der Waals surface area contributed by atoms with Gasteiger partial charge >= 0.3 is 0 Å². The van der Waals surface area contributed by atoms with E-state index in [0.29, 0.717) is 0 Å². The zero-order valence-corrected chi connectivity index (χ0v) is 29.6. The zero-order valence-electron chi connectivity index (χ0n) is 27.6. The van der Waals surface area contributed by atoms with Crippen molar-refractivity contribution in [3.05, 3.63) is 160 Å². The highest BCUT2D eigenvalue weighted by Gasteiger charge is 2.46. The van der Waals surface area contributed by atoms with Gasteiger partial charge in [-0.2, -0.15) is 0 Å². The molecule has 0 radical (unpaired) electrons. The van der Waals surface area contributed by atoms with E-state index in [2.05, 4.69) is 169 Å². The minimum atomic E-state index is -2.80. The van der Waals surface area contributed by atoms with E-state index in [9.17, 15) is 5.11 Å². The van der Waals surface area contributed by atoms with Gasteiger partial charge in [0.2, 0.25) is 0 Å². The lowest BCUT2D eigenvalue weighted by molar-refractivity contribution is 0.238. The van der Waals surface area contributed by atoms with Crippen molar-refractivity contribution in [3.63, 3.8) is 0 Å². The SMILES string of the molecule is Cc1cc(C)c([Si](C)(/C(=C\[Si](c2ccccc2)(c2ccccc2)c2ccccc2)C(C)O)c2c(C)cc(C)cc2C)c(C)c1. The van der Waals surface area contributed by atoms with Crippen LogP contribution >= 0.6 is 0 Å². The molecular weight excluding hydrogens is 565 g/mol. The van der Waals surface area contributed by atoms with Crippen LogP contribution in [0, 0.1) is 41.5 Å². The normalized spacial score (nSPS) is 13.2. The van der Waals surface area contributed by atoms with E-state index in [1.54, 1.807) is 0 Å². The van der Waals surface area contributed by atoms with Crippen LogP contribution < -0.4 is 25.9 Å². The molecule has 0 saturated carbocycles. The molecule has 0 aliphatic heterocycles. The van der Waals surface area contributed by atoms with Crippen LogP contribution in [0.5, 0.6) is 0 Å². The van der Waals surface area contributed by atoms with Crippen molar-refractivity contribution in [3.8, 4) is 0 Å². The molecule has 224 valence electrons. The Bertz CT molecular complexity index is 1590. The van der Waals surface area contributed by atoms with E-state index in [0.717, 1.165) is 0 Å². The Hall–Kier alpha value is -3.77. The minimum Gasteiger partial charge on any atom is -0.389 e. The summed E-state index contributed by atoms with van der Waals surface area (Å²) in [5, 5.41) is 20.1. The molecule has 0 bridgehead atoms. The first-order chi connectivity index (χ1) is 21.0. The zero-order chi connectivity index (χ0) is 31.6. The van der Waals surface area contributed by atoms with Crippen LogP contribution in [0.1, 0.15) is 40.3 Å². The molecule has 0 amide bonds. The van der Waals surface area contributed by atoms with Gasteiger partial charge < -0.3 is 5.11 Å². The van der Waals surface area contributed by atoms with Crippen molar-refractivity contribution in [1.82, 2.24) is 0 Å². The first-order valence-corrected chi connectivity index (χ1v) is 20.3. The van der Waals surface area contributed by atoms with E-state index in [-0.39, 0.29) is 0 Å². The fourth-order valence-corrected chi connectivity index (χ4v) is 19.4. The fraction of sp³-hybridized carbons (Fsp3) is 0.220. The third-order valence-corrected chi connectivity index (χ3v) is 19.5. The van der Waals surface area contributed by atoms with Crippen molar-refractivity contribution in [2.45, 2.75) is 61.1 Å². The maximum absolute atomic E-state index is 12.1. The lowest BCUT2D eigenvalue weighted by Crippen LogP contribution is -2.69. The highest BCUT2D eigenvalue weighted by atomic mass is 28.3. The van der Waals surface area contributed by atoms with E-state index >= 15 is 0 Å². The second-order valence-corrected chi connectivity index (χ2v) is 20.3. The molecule has 0 aliphatic rings. The van der Waals surface area contributed by atoms with Crippen LogP contribution in [0.4, 0.5) is 0 Å². The number of aliphatic hydroxyl groups is 1. The Labute approximate surface area is 267 Å². The van der Waals surface area contributed by atoms with Gasteiger partial charge in [-0.05, 0) is 74.4 Å². The predicted octanol–water partition coefficient (Wildman–Crippen LogP) is 6.29. The number of hydrogen-bond acceptors (Lipinski definition) is 1. The van der Waals surface area contributed by atoms with Gasteiger partial charge in [-0.25, -0.2) is 0 Å². The van der Waals surface area contributed by atoms with Crippen LogP contribution in [0.15, 0.2) is 126 Å². The van der Waals surface area contributed by atoms with E-state index in [1.165, 1.54) is 64.5 Å². The summed E-state index contributed by atoms with van der Waals surface area (Å²) in [6, 6.07) is 42.4.